The molecule has 1 heterocycles. The van der Waals surface area contributed by atoms with E-state index < -0.39 is 0 Å². The largest absolute Gasteiger partial charge is 0.495 e. The predicted molar refractivity (Wildman–Crippen MR) is 79.6 cm³/mol. The Morgan fingerprint density at radius 3 is 2.80 bits per heavy atom. The highest BCUT2D eigenvalue weighted by Crippen LogP contribution is 2.19. The zero-order chi connectivity index (χ0) is 14.7. The van der Waals surface area contributed by atoms with E-state index in [0.29, 0.717) is 22.3 Å². The number of halogens is 1. The van der Waals surface area contributed by atoms with E-state index in [1.807, 2.05) is 6.07 Å². The Labute approximate surface area is 124 Å². The smallest absolute Gasteiger partial charge is 0.218 e. The molecule has 0 saturated carbocycles. The van der Waals surface area contributed by atoms with Crippen LogP contribution in [0.15, 0.2) is 39.9 Å². The second kappa shape index (κ2) is 5.80. The maximum atomic E-state index is 11.5. The zero-order valence-electron chi connectivity index (χ0n) is 10.8. The average Bonchev–Trinajstić information content (AvgIpc) is 2.44. The molecule has 0 amide bonds. The van der Waals surface area contributed by atoms with Gasteiger partial charge in [-0.2, -0.15) is 5.26 Å². The van der Waals surface area contributed by atoms with E-state index in [1.54, 1.807) is 29.1 Å². The van der Waals surface area contributed by atoms with Gasteiger partial charge in [0.25, 0.3) is 0 Å². The van der Waals surface area contributed by atoms with Crippen LogP contribution < -0.4 is 15.9 Å². The average molecular weight is 334 g/mol. The van der Waals surface area contributed by atoms with E-state index in [9.17, 15) is 4.79 Å². The third-order valence-electron chi connectivity index (χ3n) is 2.81. The normalized spacial score (nSPS) is 10.1. The van der Waals surface area contributed by atoms with E-state index in [4.69, 9.17) is 15.7 Å². The minimum absolute atomic E-state index is 0.174. The first kappa shape index (κ1) is 14.2. The summed E-state index contributed by atoms with van der Waals surface area (Å²) < 4.78 is 7.29. The van der Waals surface area contributed by atoms with E-state index in [1.165, 1.54) is 7.11 Å². The number of nitriles is 1. The number of pyridine rings is 1. The van der Waals surface area contributed by atoms with Gasteiger partial charge < -0.3 is 15.0 Å². The SMILES string of the molecule is COc1ccc(Cn2cc(N)c(=O)c(Br)c2)cc1C#N. The second-order valence-corrected chi connectivity index (χ2v) is 5.06. The van der Waals surface area contributed by atoms with Crippen molar-refractivity contribution in [1.82, 2.24) is 4.57 Å². The monoisotopic (exact) mass is 333 g/mol. The van der Waals surface area contributed by atoms with Gasteiger partial charge in [0.2, 0.25) is 5.43 Å². The molecule has 5 nitrogen and oxygen atoms in total. The fourth-order valence-electron chi connectivity index (χ4n) is 1.86. The molecular weight excluding hydrogens is 322 g/mol. The highest BCUT2D eigenvalue weighted by atomic mass is 79.9. The number of rotatable bonds is 3. The van der Waals surface area contributed by atoms with Crippen molar-refractivity contribution in [2.45, 2.75) is 6.54 Å². The van der Waals surface area contributed by atoms with Gasteiger partial charge in [-0.15, -0.1) is 0 Å². The molecule has 0 bridgehead atoms. The van der Waals surface area contributed by atoms with Crippen molar-refractivity contribution in [2.75, 3.05) is 12.8 Å². The van der Waals surface area contributed by atoms with Crippen molar-refractivity contribution in [3.63, 3.8) is 0 Å². The Morgan fingerprint density at radius 1 is 1.45 bits per heavy atom. The van der Waals surface area contributed by atoms with Gasteiger partial charge in [-0.05, 0) is 33.6 Å². The van der Waals surface area contributed by atoms with Gasteiger partial charge in [-0.25, -0.2) is 0 Å². The molecule has 0 spiro atoms. The number of aromatic nitrogens is 1. The lowest BCUT2D eigenvalue weighted by Crippen LogP contribution is -2.13. The number of nitrogens with two attached hydrogens (primary N) is 1. The van der Waals surface area contributed by atoms with Crippen LogP contribution in [-0.4, -0.2) is 11.7 Å². The lowest BCUT2D eigenvalue weighted by Gasteiger charge is -2.10. The number of methoxy groups -OCH3 is 1. The molecule has 1 aromatic carbocycles. The van der Waals surface area contributed by atoms with E-state index in [0.717, 1.165) is 5.56 Å². The summed E-state index contributed by atoms with van der Waals surface area (Å²) in [7, 11) is 1.52. The van der Waals surface area contributed by atoms with Crippen LogP contribution in [0.5, 0.6) is 5.75 Å². The molecule has 102 valence electrons. The lowest BCUT2D eigenvalue weighted by atomic mass is 10.1. The predicted octanol–water partition coefficient (Wildman–Crippen LogP) is 2.12. The van der Waals surface area contributed by atoms with Crippen LogP contribution in [0.4, 0.5) is 5.69 Å². The Bertz CT molecular complexity index is 721. The highest BCUT2D eigenvalue weighted by molar-refractivity contribution is 9.10. The van der Waals surface area contributed by atoms with Crippen LogP contribution in [0.3, 0.4) is 0 Å². The molecule has 6 heteroatoms. The highest BCUT2D eigenvalue weighted by Gasteiger charge is 2.06. The van der Waals surface area contributed by atoms with Gasteiger partial charge in [0.05, 0.1) is 22.8 Å². The van der Waals surface area contributed by atoms with Gasteiger partial charge in [0.1, 0.15) is 11.8 Å². The minimum atomic E-state index is -0.228. The van der Waals surface area contributed by atoms with Crippen molar-refractivity contribution in [2.24, 2.45) is 0 Å². The molecule has 0 unspecified atom stereocenters. The Morgan fingerprint density at radius 2 is 2.20 bits per heavy atom. The summed E-state index contributed by atoms with van der Waals surface area (Å²) >= 11 is 3.18. The van der Waals surface area contributed by atoms with Crippen molar-refractivity contribution in [3.05, 3.63) is 56.4 Å². The molecule has 2 aromatic rings. The first-order valence-corrected chi connectivity index (χ1v) is 6.56. The number of nitrogens with zero attached hydrogens (tertiary/aromatic N) is 2. The second-order valence-electron chi connectivity index (χ2n) is 4.21. The summed E-state index contributed by atoms with van der Waals surface area (Å²) in [5.41, 5.74) is 6.97. The van der Waals surface area contributed by atoms with Gasteiger partial charge >= 0.3 is 0 Å². The summed E-state index contributed by atoms with van der Waals surface area (Å²) in [6, 6.07) is 7.45. The summed E-state index contributed by atoms with van der Waals surface area (Å²) in [5, 5.41) is 9.06. The number of hydrogen-bond acceptors (Lipinski definition) is 4. The summed E-state index contributed by atoms with van der Waals surface area (Å²) in [4.78, 5) is 11.5. The first-order chi connectivity index (χ1) is 9.55. The minimum Gasteiger partial charge on any atom is -0.495 e. The van der Waals surface area contributed by atoms with Crippen molar-refractivity contribution < 1.29 is 4.74 Å². The summed E-state index contributed by atoms with van der Waals surface area (Å²) in [6.45, 7) is 0.502. The number of ether oxygens (including phenoxy) is 1. The number of benzene rings is 1. The Kier molecular flexibility index (Phi) is 4.11. The first-order valence-electron chi connectivity index (χ1n) is 5.77. The van der Waals surface area contributed by atoms with E-state index >= 15 is 0 Å². The summed E-state index contributed by atoms with van der Waals surface area (Å²) in [5.74, 6) is 0.539. The van der Waals surface area contributed by atoms with E-state index in [2.05, 4.69) is 22.0 Å². The number of hydrogen-bond donors (Lipinski definition) is 1. The molecule has 0 aliphatic rings. The maximum absolute atomic E-state index is 11.5. The number of anilines is 1. The molecule has 0 radical (unpaired) electrons. The van der Waals surface area contributed by atoms with Crippen LogP contribution in [-0.2, 0) is 6.54 Å². The lowest BCUT2D eigenvalue weighted by molar-refractivity contribution is 0.413. The van der Waals surface area contributed by atoms with Crippen LogP contribution in [0.1, 0.15) is 11.1 Å². The van der Waals surface area contributed by atoms with Crippen LogP contribution in [0.2, 0.25) is 0 Å². The molecule has 0 saturated heterocycles. The fourth-order valence-corrected chi connectivity index (χ4v) is 2.35. The molecule has 0 fully saturated rings. The van der Waals surface area contributed by atoms with Crippen molar-refractivity contribution >= 4 is 21.6 Å². The molecule has 1 aromatic heterocycles. The van der Waals surface area contributed by atoms with Gasteiger partial charge in [-0.1, -0.05) is 6.07 Å². The maximum Gasteiger partial charge on any atom is 0.218 e. The van der Waals surface area contributed by atoms with Crippen LogP contribution in [0, 0.1) is 11.3 Å². The third kappa shape index (κ3) is 2.83. The molecule has 0 aliphatic carbocycles. The van der Waals surface area contributed by atoms with Gasteiger partial charge in [0.15, 0.2) is 0 Å². The summed E-state index contributed by atoms with van der Waals surface area (Å²) in [6.07, 6.45) is 3.23. The van der Waals surface area contributed by atoms with Crippen LogP contribution >= 0.6 is 15.9 Å². The Balaban J connectivity index is 2.36. The zero-order valence-corrected chi connectivity index (χ0v) is 12.3. The van der Waals surface area contributed by atoms with Crippen molar-refractivity contribution in [3.8, 4) is 11.8 Å². The topological polar surface area (TPSA) is 81.0 Å². The molecule has 2 N–H and O–H groups in total. The molecule has 0 atom stereocenters. The Hall–Kier alpha value is -2.26. The third-order valence-corrected chi connectivity index (χ3v) is 3.38. The van der Waals surface area contributed by atoms with Crippen molar-refractivity contribution in [1.29, 1.82) is 5.26 Å². The quantitative estimate of drug-likeness (QED) is 0.932. The van der Waals surface area contributed by atoms with Gasteiger partial charge in [-0.3, -0.25) is 4.79 Å². The molecule has 20 heavy (non-hydrogen) atoms. The molecule has 0 aliphatic heterocycles. The van der Waals surface area contributed by atoms with Crippen LogP contribution in [0.25, 0.3) is 0 Å². The van der Waals surface area contributed by atoms with Gasteiger partial charge in [0, 0.05) is 18.9 Å². The molecular formula is C14H12BrN3O2. The van der Waals surface area contributed by atoms with E-state index in [-0.39, 0.29) is 11.1 Å². The fraction of sp³-hybridized carbons (Fsp3) is 0.143. The standard InChI is InChI=1S/C14H12BrN3O2/c1-20-13-3-2-9(4-10(13)5-16)6-18-7-11(15)14(19)12(17)8-18/h2-4,7-8H,6,17H2,1H3. The molecule has 2 rings (SSSR count). The number of nitrogen functional groups attached to an aromatic ring is 1.